The summed E-state index contributed by atoms with van der Waals surface area (Å²) in [6.45, 7) is 0.960. The minimum atomic E-state index is -0.0278. The fraction of sp³-hybridized carbons (Fsp3) is 0.294. The number of hydrogen-bond donors (Lipinski definition) is 1. The van der Waals surface area contributed by atoms with Crippen LogP contribution >= 0.6 is 0 Å². The summed E-state index contributed by atoms with van der Waals surface area (Å²) >= 11 is 0. The number of carbonyl (C=O) groups is 1. The number of amides is 1. The Bertz CT molecular complexity index is 627. The second-order valence-corrected chi connectivity index (χ2v) is 5.37. The van der Waals surface area contributed by atoms with Crippen molar-refractivity contribution < 1.29 is 4.79 Å². The lowest BCUT2D eigenvalue weighted by Crippen LogP contribution is -2.28. The first-order chi connectivity index (χ1) is 10.3. The molecule has 0 spiro atoms. The lowest BCUT2D eigenvalue weighted by molar-refractivity contribution is 0.0935. The maximum atomic E-state index is 12.4. The van der Waals surface area contributed by atoms with Crippen LogP contribution in [0, 0.1) is 0 Å². The molecule has 2 heterocycles. The van der Waals surface area contributed by atoms with Crippen LogP contribution in [0.2, 0.25) is 0 Å². The molecule has 1 unspecified atom stereocenters. The number of pyridine rings is 1. The van der Waals surface area contributed by atoms with Gasteiger partial charge in [0.1, 0.15) is 5.82 Å². The van der Waals surface area contributed by atoms with Crippen molar-refractivity contribution in [3.8, 4) is 0 Å². The van der Waals surface area contributed by atoms with Gasteiger partial charge >= 0.3 is 0 Å². The molecule has 4 heteroatoms. The number of carbonyl (C=O) groups excluding carboxylic acids is 1. The average Bonchev–Trinajstić information content (AvgIpc) is 2.69. The molecule has 2 aromatic rings. The van der Waals surface area contributed by atoms with E-state index in [9.17, 15) is 4.79 Å². The van der Waals surface area contributed by atoms with Crippen LogP contribution in [0.25, 0.3) is 0 Å². The number of nitrogens with one attached hydrogen (secondary N) is 1. The fourth-order valence-electron chi connectivity index (χ4n) is 2.78. The van der Waals surface area contributed by atoms with E-state index < -0.39 is 0 Å². The Morgan fingerprint density at radius 3 is 2.86 bits per heavy atom. The van der Waals surface area contributed by atoms with Gasteiger partial charge in [-0.15, -0.1) is 0 Å². The Balaban J connectivity index is 1.85. The van der Waals surface area contributed by atoms with Gasteiger partial charge in [-0.05, 0) is 31.0 Å². The number of aromatic nitrogens is 1. The summed E-state index contributed by atoms with van der Waals surface area (Å²) in [4.78, 5) is 19.0. The van der Waals surface area contributed by atoms with Gasteiger partial charge < -0.3 is 10.2 Å². The molecular formula is C17H19N3O. The van der Waals surface area contributed by atoms with Gasteiger partial charge in [0.15, 0.2) is 0 Å². The molecule has 0 saturated carbocycles. The minimum absolute atomic E-state index is 0.0198. The first kappa shape index (κ1) is 13.6. The summed E-state index contributed by atoms with van der Waals surface area (Å²) in [7, 11) is 2.05. The number of fused-ring (bicyclic) bond motifs is 1. The molecule has 1 amide bonds. The SMILES string of the molecule is CN1CCCC(NC(=O)c2ccccc2)c2cccnc21. The van der Waals surface area contributed by atoms with Gasteiger partial charge in [0.05, 0.1) is 6.04 Å². The average molecular weight is 281 g/mol. The normalized spacial score (nSPS) is 17.8. The van der Waals surface area contributed by atoms with Crippen molar-refractivity contribution in [2.75, 3.05) is 18.5 Å². The maximum Gasteiger partial charge on any atom is 0.251 e. The summed E-state index contributed by atoms with van der Waals surface area (Å²) in [6, 6.07) is 13.4. The summed E-state index contributed by atoms with van der Waals surface area (Å²) in [5.41, 5.74) is 1.79. The molecule has 1 aliphatic heterocycles. The van der Waals surface area contributed by atoms with E-state index in [0.717, 1.165) is 30.8 Å². The van der Waals surface area contributed by atoms with Gasteiger partial charge in [0.25, 0.3) is 5.91 Å². The molecule has 3 rings (SSSR count). The van der Waals surface area contributed by atoms with E-state index in [1.807, 2.05) is 43.4 Å². The molecule has 0 radical (unpaired) electrons. The van der Waals surface area contributed by atoms with E-state index in [4.69, 9.17) is 0 Å². The van der Waals surface area contributed by atoms with Crippen molar-refractivity contribution in [1.82, 2.24) is 10.3 Å². The first-order valence-electron chi connectivity index (χ1n) is 7.27. The Morgan fingerprint density at radius 2 is 2.05 bits per heavy atom. The van der Waals surface area contributed by atoms with Gasteiger partial charge in [-0.25, -0.2) is 4.98 Å². The van der Waals surface area contributed by atoms with Gasteiger partial charge in [-0.3, -0.25) is 4.79 Å². The number of anilines is 1. The van der Waals surface area contributed by atoms with Gasteiger partial charge in [0, 0.05) is 30.9 Å². The van der Waals surface area contributed by atoms with E-state index in [1.54, 1.807) is 6.20 Å². The summed E-state index contributed by atoms with van der Waals surface area (Å²) in [6.07, 6.45) is 3.77. The molecule has 1 N–H and O–H groups in total. The Kier molecular flexibility index (Phi) is 3.86. The topological polar surface area (TPSA) is 45.2 Å². The number of nitrogens with zero attached hydrogens (tertiary/aromatic N) is 2. The van der Waals surface area contributed by atoms with Crippen molar-refractivity contribution in [3.63, 3.8) is 0 Å². The monoisotopic (exact) mass is 281 g/mol. The van der Waals surface area contributed by atoms with Crippen LogP contribution in [0.4, 0.5) is 5.82 Å². The fourth-order valence-corrected chi connectivity index (χ4v) is 2.78. The molecule has 0 fully saturated rings. The van der Waals surface area contributed by atoms with Crippen LogP contribution in [0.3, 0.4) is 0 Å². The molecule has 4 nitrogen and oxygen atoms in total. The van der Waals surface area contributed by atoms with Crippen LogP contribution in [0.1, 0.15) is 34.8 Å². The first-order valence-corrected chi connectivity index (χ1v) is 7.27. The highest BCUT2D eigenvalue weighted by Crippen LogP contribution is 2.30. The van der Waals surface area contributed by atoms with E-state index in [2.05, 4.69) is 21.3 Å². The van der Waals surface area contributed by atoms with Gasteiger partial charge in [-0.1, -0.05) is 24.3 Å². The zero-order valence-electron chi connectivity index (χ0n) is 12.1. The molecule has 0 bridgehead atoms. The van der Waals surface area contributed by atoms with Crippen LogP contribution < -0.4 is 10.2 Å². The zero-order chi connectivity index (χ0) is 14.7. The number of rotatable bonds is 2. The molecule has 1 aromatic heterocycles. The highest BCUT2D eigenvalue weighted by atomic mass is 16.1. The quantitative estimate of drug-likeness (QED) is 0.920. The van der Waals surface area contributed by atoms with E-state index in [1.165, 1.54) is 0 Å². The lowest BCUT2D eigenvalue weighted by Gasteiger charge is -2.21. The minimum Gasteiger partial charge on any atom is -0.359 e. The molecule has 0 aliphatic carbocycles. The highest BCUT2D eigenvalue weighted by Gasteiger charge is 2.23. The molecule has 21 heavy (non-hydrogen) atoms. The Morgan fingerprint density at radius 1 is 1.24 bits per heavy atom. The zero-order valence-corrected chi connectivity index (χ0v) is 12.1. The molecule has 1 aromatic carbocycles. The van der Waals surface area contributed by atoms with Gasteiger partial charge in [-0.2, -0.15) is 0 Å². The van der Waals surface area contributed by atoms with E-state index >= 15 is 0 Å². The lowest BCUT2D eigenvalue weighted by atomic mass is 10.0. The third-order valence-corrected chi connectivity index (χ3v) is 3.88. The van der Waals surface area contributed by atoms with Crippen molar-refractivity contribution in [2.45, 2.75) is 18.9 Å². The van der Waals surface area contributed by atoms with Gasteiger partial charge in [0.2, 0.25) is 0 Å². The molecular weight excluding hydrogens is 262 g/mol. The van der Waals surface area contributed by atoms with E-state index in [0.29, 0.717) is 5.56 Å². The van der Waals surface area contributed by atoms with Crippen molar-refractivity contribution in [1.29, 1.82) is 0 Å². The van der Waals surface area contributed by atoms with Crippen LogP contribution in [0.5, 0.6) is 0 Å². The Hall–Kier alpha value is -2.36. The summed E-state index contributed by atoms with van der Waals surface area (Å²) < 4.78 is 0. The third kappa shape index (κ3) is 2.89. The van der Waals surface area contributed by atoms with Crippen molar-refractivity contribution in [3.05, 3.63) is 59.8 Å². The predicted octanol–water partition coefficient (Wildman–Crippen LogP) is 2.78. The van der Waals surface area contributed by atoms with Crippen LogP contribution in [-0.4, -0.2) is 24.5 Å². The van der Waals surface area contributed by atoms with Crippen LogP contribution in [0.15, 0.2) is 48.7 Å². The maximum absolute atomic E-state index is 12.4. The van der Waals surface area contributed by atoms with Crippen molar-refractivity contribution in [2.24, 2.45) is 0 Å². The second-order valence-electron chi connectivity index (χ2n) is 5.37. The second kappa shape index (κ2) is 5.95. The number of benzene rings is 1. The largest absolute Gasteiger partial charge is 0.359 e. The summed E-state index contributed by atoms with van der Waals surface area (Å²) in [5.74, 6) is 0.938. The van der Waals surface area contributed by atoms with Crippen molar-refractivity contribution >= 4 is 11.7 Å². The molecule has 0 saturated heterocycles. The Labute approximate surface area is 124 Å². The highest BCUT2D eigenvalue weighted by molar-refractivity contribution is 5.94. The van der Waals surface area contributed by atoms with E-state index in [-0.39, 0.29) is 11.9 Å². The predicted molar refractivity (Wildman–Crippen MR) is 83.4 cm³/mol. The standard InChI is InChI=1S/C17H19N3O/c1-20-12-6-10-15(14-9-5-11-18-16(14)20)19-17(21)13-7-3-2-4-8-13/h2-5,7-9,11,15H,6,10,12H2,1H3,(H,19,21). The smallest absolute Gasteiger partial charge is 0.251 e. The third-order valence-electron chi connectivity index (χ3n) is 3.88. The number of hydrogen-bond acceptors (Lipinski definition) is 3. The summed E-state index contributed by atoms with van der Waals surface area (Å²) in [5, 5.41) is 3.15. The van der Waals surface area contributed by atoms with Crippen LogP contribution in [-0.2, 0) is 0 Å². The molecule has 1 aliphatic rings. The molecule has 1 atom stereocenters. The molecule has 108 valence electrons.